The number of nitrogens with zero attached hydrogens (tertiary/aromatic N) is 1. The zero-order valence-corrected chi connectivity index (χ0v) is 17.7. The molecular weight excluding hydrogens is 427 g/mol. The minimum atomic E-state index is -0.244. The summed E-state index contributed by atoms with van der Waals surface area (Å²) < 4.78 is 0. The highest BCUT2D eigenvalue weighted by Crippen LogP contribution is 2.34. The van der Waals surface area contributed by atoms with E-state index < -0.39 is 0 Å². The van der Waals surface area contributed by atoms with Gasteiger partial charge in [-0.2, -0.15) is 0 Å². The van der Waals surface area contributed by atoms with Gasteiger partial charge in [0.25, 0.3) is 11.8 Å². The molecule has 0 spiro atoms. The summed E-state index contributed by atoms with van der Waals surface area (Å²) in [5.41, 5.74) is 2.00. The van der Waals surface area contributed by atoms with E-state index in [-0.39, 0.29) is 17.9 Å². The normalized spacial score (nSPS) is 16.1. The highest BCUT2D eigenvalue weighted by molar-refractivity contribution is 7.12. The van der Waals surface area contributed by atoms with Gasteiger partial charge in [0.05, 0.1) is 21.6 Å². The van der Waals surface area contributed by atoms with Gasteiger partial charge in [-0.15, -0.1) is 11.3 Å². The SMILES string of the molecule is O=C(Nc1cc(C(=O)N2CCCC2c2ccc(Cl)cc2)ccc1Cl)c1cccs1. The number of amides is 2. The maximum absolute atomic E-state index is 13.2. The van der Waals surface area contributed by atoms with Crippen molar-refractivity contribution < 1.29 is 9.59 Å². The molecule has 0 aliphatic carbocycles. The van der Waals surface area contributed by atoms with Crippen LogP contribution in [0.5, 0.6) is 0 Å². The predicted octanol–water partition coefficient (Wildman–Crippen LogP) is 6.28. The lowest BCUT2D eigenvalue weighted by atomic mass is 10.0. The standard InChI is InChI=1S/C22H18Cl2N2O2S/c23-16-8-5-14(6-9-16)19-3-1-11-26(19)22(28)15-7-10-17(24)18(13-15)25-21(27)20-4-2-12-29-20/h2,4-10,12-13,19H,1,3,11H2,(H,25,27). The maximum atomic E-state index is 13.2. The van der Waals surface area contributed by atoms with Crippen LogP contribution in [0.4, 0.5) is 5.69 Å². The number of anilines is 1. The first-order valence-corrected chi connectivity index (χ1v) is 10.9. The van der Waals surface area contributed by atoms with Crippen molar-refractivity contribution in [3.05, 3.63) is 86.0 Å². The summed E-state index contributed by atoms with van der Waals surface area (Å²) in [6.45, 7) is 0.686. The Morgan fingerprint density at radius 3 is 2.59 bits per heavy atom. The van der Waals surface area contributed by atoms with Crippen molar-refractivity contribution in [3.63, 3.8) is 0 Å². The molecule has 29 heavy (non-hydrogen) atoms. The number of benzene rings is 2. The largest absolute Gasteiger partial charge is 0.332 e. The number of rotatable bonds is 4. The number of likely N-dealkylation sites (tertiary alicyclic amines) is 1. The van der Waals surface area contributed by atoms with Crippen molar-refractivity contribution in [2.24, 2.45) is 0 Å². The van der Waals surface area contributed by atoms with Gasteiger partial charge in [-0.05, 0) is 60.2 Å². The average Bonchev–Trinajstić information content (AvgIpc) is 3.42. The molecule has 2 amide bonds. The van der Waals surface area contributed by atoms with Crippen molar-refractivity contribution in [3.8, 4) is 0 Å². The Bertz CT molecular complexity index is 1040. The molecule has 4 nitrogen and oxygen atoms in total. The summed E-state index contributed by atoms with van der Waals surface area (Å²) in [6, 6.07) is 16.2. The average molecular weight is 445 g/mol. The number of carbonyl (C=O) groups is 2. The molecule has 1 aliphatic rings. The second-order valence-corrected chi connectivity index (χ2v) is 8.63. The van der Waals surface area contributed by atoms with Crippen molar-refractivity contribution in [2.75, 3.05) is 11.9 Å². The van der Waals surface area contributed by atoms with Gasteiger partial charge in [0.15, 0.2) is 0 Å². The Morgan fingerprint density at radius 1 is 1.07 bits per heavy atom. The molecule has 1 atom stereocenters. The summed E-state index contributed by atoms with van der Waals surface area (Å²) in [7, 11) is 0. The summed E-state index contributed by atoms with van der Waals surface area (Å²) in [5.74, 6) is -0.322. The molecule has 1 N–H and O–H groups in total. The molecule has 1 aromatic heterocycles. The third kappa shape index (κ3) is 4.32. The van der Waals surface area contributed by atoms with Crippen LogP contribution in [0.15, 0.2) is 60.0 Å². The number of nitrogens with one attached hydrogen (secondary N) is 1. The van der Waals surface area contributed by atoms with Crippen LogP contribution in [0.25, 0.3) is 0 Å². The van der Waals surface area contributed by atoms with Crippen molar-refractivity contribution in [1.29, 1.82) is 0 Å². The van der Waals surface area contributed by atoms with E-state index in [1.807, 2.05) is 40.6 Å². The number of carbonyl (C=O) groups excluding carboxylic acids is 2. The molecule has 3 aromatic rings. The summed E-state index contributed by atoms with van der Waals surface area (Å²) in [6.07, 6.45) is 1.84. The third-order valence-corrected chi connectivity index (χ3v) is 6.43. The van der Waals surface area contributed by atoms with Crippen LogP contribution in [0.3, 0.4) is 0 Å². The number of hydrogen-bond donors (Lipinski definition) is 1. The van der Waals surface area contributed by atoms with Crippen LogP contribution in [0, 0.1) is 0 Å². The van der Waals surface area contributed by atoms with E-state index in [0.29, 0.717) is 32.7 Å². The maximum Gasteiger partial charge on any atom is 0.265 e. The summed E-state index contributed by atoms with van der Waals surface area (Å²) >= 11 is 13.6. The Kier molecular flexibility index (Phi) is 5.90. The first-order chi connectivity index (χ1) is 14.0. The van der Waals surface area contributed by atoms with Gasteiger partial charge in [0, 0.05) is 17.1 Å². The summed E-state index contributed by atoms with van der Waals surface area (Å²) in [5, 5.41) is 5.70. The van der Waals surface area contributed by atoms with Crippen LogP contribution >= 0.6 is 34.5 Å². The second-order valence-electron chi connectivity index (χ2n) is 6.83. The fraction of sp³-hybridized carbons (Fsp3) is 0.182. The van der Waals surface area contributed by atoms with Gasteiger partial charge < -0.3 is 10.2 Å². The van der Waals surface area contributed by atoms with E-state index in [1.165, 1.54) is 11.3 Å². The fourth-order valence-corrected chi connectivity index (χ4v) is 4.46. The molecule has 7 heteroatoms. The van der Waals surface area contributed by atoms with E-state index in [9.17, 15) is 9.59 Å². The fourth-order valence-electron chi connectivity index (χ4n) is 3.55. The molecular formula is C22H18Cl2N2O2S. The van der Waals surface area contributed by atoms with E-state index in [2.05, 4.69) is 5.32 Å². The van der Waals surface area contributed by atoms with E-state index in [1.54, 1.807) is 24.3 Å². The molecule has 1 fully saturated rings. The first-order valence-electron chi connectivity index (χ1n) is 9.24. The monoisotopic (exact) mass is 444 g/mol. The van der Waals surface area contributed by atoms with Crippen LogP contribution in [0.2, 0.25) is 10.0 Å². The first kappa shape index (κ1) is 20.0. The predicted molar refractivity (Wildman–Crippen MR) is 118 cm³/mol. The third-order valence-electron chi connectivity index (χ3n) is 4.97. The lowest BCUT2D eigenvalue weighted by Gasteiger charge is -2.25. The van der Waals surface area contributed by atoms with Crippen LogP contribution in [-0.4, -0.2) is 23.3 Å². The van der Waals surface area contributed by atoms with Crippen LogP contribution in [-0.2, 0) is 0 Å². The summed E-state index contributed by atoms with van der Waals surface area (Å²) in [4.78, 5) is 28.0. The molecule has 4 rings (SSSR count). The van der Waals surface area contributed by atoms with Crippen molar-refractivity contribution in [2.45, 2.75) is 18.9 Å². The Labute approximate surface area is 183 Å². The number of hydrogen-bond acceptors (Lipinski definition) is 3. The van der Waals surface area contributed by atoms with Gasteiger partial charge in [0.1, 0.15) is 0 Å². The minimum absolute atomic E-state index is 0.0135. The molecule has 148 valence electrons. The lowest BCUT2D eigenvalue weighted by Crippen LogP contribution is -2.30. The molecule has 1 unspecified atom stereocenters. The van der Waals surface area contributed by atoms with Gasteiger partial charge >= 0.3 is 0 Å². The van der Waals surface area contributed by atoms with Gasteiger partial charge in [-0.25, -0.2) is 0 Å². The van der Waals surface area contributed by atoms with E-state index >= 15 is 0 Å². The van der Waals surface area contributed by atoms with Gasteiger partial charge in [-0.1, -0.05) is 41.4 Å². The van der Waals surface area contributed by atoms with Gasteiger partial charge in [-0.3, -0.25) is 9.59 Å². The van der Waals surface area contributed by atoms with Crippen molar-refractivity contribution in [1.82, 2.24) is 4.90 Å². The highest BCUT2D eigenvalue weighted by atomic mass is 35.5. The number of halogens is 2. The van der Waals surface area contributed by atoms with E-state index in [4.69, 9.17) is 23.2 Å². The lowest BCUT2D eigenvalue weighted by molar-refractivity contribution is 0.0735. The van der Waals surface area contributed by atoms with E-state index in [0.717, 1.165) is 18.4 Å². The Hall–Kier alpha value is -2.34. The zero-order chi connectivity index (χ0) is 20.4. The van der Waals surface area contributed by atoms with Crippen molar-refractivity contribution >= 4 is 52.0 Å². The zero-order valence-electron chi connectivity index (χ0n) is 15.4. The molecule has 1 aliphatic heterocycles. The van der Waals surface area contributed by atoms with Crippen LogP contribution in [0.1, 0.15) is 44.5 Å². The quantitative estimate of drug-likeness (QED) is 0.514. The topological polar surface area (TPSA) is 49.4 Å². The smallest absolute Gasteiger partial charge is 0.265 e. The van der Waals surface area contributed by atoms with Gasteiger partial charge in [0.2, 0.25) is 0 Å². The molecule has 1 saturated heterocycles. The molecule has 0 radical (unpaired) electrons. The molecule has 2 heterocycles. The minimum Gasteiger partial charge on any atom is -0.332 e. The second kappa shape index (κ2) is 8.57. The molecule has 0 bridgehead atoms. The number of thiophene rings is 1. The Balaban J connectivity index is 1.56. The molecule has 0 saturated carbocycles. The molecule has 2 aromatic carbocycles. The highest BCUT2D eigenvalue weighted by Gasteiger charge is 2.30. The Morgan fingerprint density at radius 2 is 1.86 bits per heavy atom. The van der Waals surface area contributed by atoms with Crippen LogP contribution < -0.4 is 5.32 Å².